The molecule has 2 nitrogen and oxygen atoms in total. The van der Waals surface area contributed by atoms with Gasteiger partial charge in [-0.15, -0.1) is 0 Å². The third-order valence-electron chi connectivity index (χ3n) is 3.94. The van der Waals surface area contributed by atoms with Gasteiger partial charge in [0, 0.05) is 18.3 Å². The number of pyridine rings is 1. The zero-order chi connectivity index (χ0) is 10.4. The SMILES string of the molecule is CC(C)C1C2CC(C2)N1c1ccccn1. The van der Waals surface area contributed by atoms with Crippen molar-refractivity contribution in [3.63, 3.8) is 0 Å². The monoisotopic (exact) mass is 202 g/mol. The molecule has 1 aliphatic carbocycles. The Morgan fingerprint density at radius 2 is 2.13 bits per heavy atom. The topological polar surface area (TPSA) is 16.1 Å². The molecule has 2 heteroatoms. The number of nitrogens with zero attached hydrogens (tertiary/aromatic N) is 2. The van der Waals surface area contributed by atoms with Gasteiger partial charge < -0.3 is 4.90 Å². The van der Waals surface area contributed by atoms with Gasteiger partial charge in [0.2, 0.25) is 0 Å². The highest BCUT2D eigenvalue weighted by atomic mass is 15.3. The Bertz CT molecular complexity index is 341. The molecule has 0 radical (unpaired) electrons. The summed E-state index contributed by atoms with van der Waals surface area (Å²) in [4.78, 5) is 7.06. The minimum absolute atomic E-state index is 0.727. The van der Waals surface area contributed by atoms with E-state index in [1.54, 1.807) is 0 Å². The number of rotatable bonds is 2. The molecule has 0 N–H and O–H groups in total. The van der Waals surface area contributed by atoms with Crippen LogP contribution in [0.25, 0.3) is 0 Å². The van der Waals surface area contributed by atoms with Crippen molar-refractivity contribution in [2.75, 3.05) is 4.90 Å². The lowest BCUT2D eigenvalue weighted by molar-refractivity contribution is 0.321. The van der Waals surface area contributed by atoms with Crippen LogP contribution in [-0.4, -0.2) is 17.1 Å². The van der Waals surface area contributed by atoms with Crippen LogP contribution in [0.4, 0.5) is 5.82 Å². The number of fused-ring (bicyclic) bond motifs is 1. The normalized spacial score (nSPS) is 33.3. The average molecular weight is 202 g/mol. The molecule has 2 saturated heterocycles. The van der Waals surface area contributed by atoms with Crippen molar-refractivity contribution in [2.24, 2.45) is 11.8 Å². The van der Waals surface area contributed by atoms with E-state index >= 15 is 0 Å². The molecule has 0 aromatic carbocycles. The van der Waals surface area contributed by atoms with Crippen LogP contribution >= 0.6 is 0 Å². The Labute approximate surface area is 91.3 Å². The van der Waals surface area contributed by atoms with Crippen LogP contribution in [0.1, 0.15) is 26.7 Å². The molecule has 1 saturated carbocycles. The largest absolute Gasteiger partial charge is 0.350 e. The highest BCUT2D eigenvalue weighted by molar-refractivity contribution is 5.46. The van der Waals surface area contributed by atoms with Gasteiger partial charge in [0.1, 0.15) is 5.82 Å². The minimum Gasteiger partial charge on any atom is -0.350 e. The summed E-state index contributed by atoms with van der Waals surface area (Å²) in [5, 5.41) is 0. The summed E-state index contributed by atoms with van der Waals surface area (Å²) >= 11 is 0. The van der Waals surface area contributed by atoms with Crippen LogP contribution < -0.4 is 4.90 Å². The third-order valence-corrected chi connectivity index (χ3v) is 3.94. The maximum Gasteiger partial charge on any atom is 0.128 e. The fourth-order valence-electron chi connectivity index (χ4n) is 3.32. The lowest BCUT2D eigenvalue weighted by Gasteiger charge is -2.28. The summed E-state index contributed by atoms with van der Waals surface area (Å²) in [5.74, 6) is 2.85. The van der Waals surface area contributed by atoms with Gasteiger partial charge in [-0.3, -0.25) is 0 Å². The molecule has 1 unspecified atom stereocenters. The van der Waals surface area contributed by atoms with Crippen molar-refractivity contribution >= 4 is 5.82 Å². The van der Waals surface area contributed by atoms with Crippen molar-refractivity contribution in [1.82, 2.24) is 4.98 Å². The summed E-state index contributed by atoms with van der Waals surface area (Å²) in [6.45, 7) is 4.67. The van der Waals surface area contributed by atoms with Gasteiger partial charge in [-0.2, -0.15) is 0 Å². The van der Waals surface area contributed by atoms with Gasteiger partial charge in [-0.05, 0) is 36.8 Å². The molecular weight excluding hydrogens is 184 g/mol. The van der Waals surface area contributed by atoms with Crippen LogP contribution in [0.3, 0.4) is 0 Å². The second-order valence-corrected chi connectivity index (χ2v) is 5.22. The lowest BCUT2D eigenvalue weighted by atomic mass is 9.80. The van der Waals surface area contributed by atoms with Gasteiger partial charge in [0.15, 0.2) is 0 Å². The summed E-state index contributed by atoms with van der Waals surface area (Å²) in [6.07, 6.45) is 4.68. The molecule has 15 heavy (non-hydrogen) atoms. The zero-order valence-electron chi connectivity index (χ0n) is 9.43. The molecule has 2 aliphatic heterocycles. The molecule has 0 spiro atoms. The van der Waals surface area contributed by atoms with E-state index in [2.05, 4.69) is 35.9 Å². The molecule has 2 bridgehead atoms. The summed E-state index contributed by atoms with van der Waals surface area (Å²) in [5.41, 5.74) is 0. The molecule has 3 heterocycles. The van der Waals surface area contributed by atoms with E-state index in [9.17, 15) is 0 Å². The first-order valence-corrected chi connectivity index (χ1v) is 5.96. The first kappa shape index (κ1) is 9.20. The third kappa shape index (κ3) is 1.27. The van der Waals surface area contributed by atoms with Gasteiger partial charge >= 0.3 is 0 Å². The first-order chi connectivity index (χ1) is 7.27. The van der Waals surface area contributed by atoms with Crippen LogP contribution in [0.15, 0.2) is 24.4 Å². The quantitative estimate of drug-likeness (QED) is 0.733. The number of hydrogen-bond acceptors (Lipinski definition) is 2. The summed E-state index contributed by atoms with van der Waals surface area (Å²) in [6, 6.07) is 7.74. The molecule has 80 valence electrons. The predicted molar refractivity (Wildman–Crippen MR) is 61.9 cm³/mol. The smallest absolute Gasteiger partial charge is 0.128 e. The fourth-order valence-corrected chi connectivity index (χ4v) is 3.32. The maximum atomic E-state index is 4.50. The van der Waals surface area contributed by atoms with Gasteiger partial charge in [-0.1, -0.05) is 19.9 Å². The molecule has 0 amide bonds. The van der Waals surface area contributed by atoms with Crippen molar-refractivity contribution in [1.29, 1.82) is 0 Å². The highest BCUT2D eigenvalue weighted by Crippen LogP contribution is 2.49. The maximum absolute atomic E-state index is 4.50. The van der Waals surface area contributed by atoms with Crippen molar-refractivity contribution < 1.29 is 0 Å². The van der Waals surface area contributed by atoms with Gasteiger partial charge in [-0.25, -0.2) is 4.98 Å². The Morgan fingerprint density at radius 3 is 2.73 bits per heavy atom. The Hall–Kier alpha value is -1.05. The summed E-state index contributed by atoms with van der Waals surface area (Å²) in [7, 11) is 0. The van der Waals surface area contributed by atoms with Crippen LogP contribution in [0.2, 0.25) is 0 Å². The molecule has 3 aliphatic rings. The first-order valence-electron chi connectivity index (χ1n) is 5.96. The standard InChI is InChI=1S/C13H18N2/c1-9(2)13-10-7-11(8-10)15(13)12-5-3-4-6-14-12/h3-6,9-11,13H,7-8H2,1-2H3. The molecule has 3 fully saturated rings. The van der Waals surface area contributed by atoms with Gasteiger partial charge in [0.25, 0.3) is 0 Å². The lowest BCUT2D eigenvalue weighted by Crippen LogP contribution is -2.35. The highest BCUT2D eigenvalue weighted by Gasteiger charge is 2.51. The number of aromatic nitrogens is 1. The van der Waals surface area contributed by atoms with Crippen molar-refractivity contribution in [3.8, 4) is 0 Å². The van der Waals surface area contributed by atoms with E-state index in [0.717, 1.165) is 23.9 Å². The second-order valence-electron chi connectivity index (χ2n) is 5.22. The van der Waals surface area contributed by atoms with E-state index in [4.69, 9.17) is 0 Å². The molecule has 4 rings (SSSR count). The number of anilines is 1. The van der Waals surface area contributed by atoms with Crippen LogP contribution in [-0.2, 0) is 0 Å². The minimum atomic E-state index is 0.727. The number of hydrogen-bond donors (Lipinski definition) is 0. The van der Waals surface area contributed by atoms with E-state index in [-0.39, 0.29) is 0 Å². The fraction of sp³-hybridized carbons (Fsp3) is 0.615. The van der Waals surface area contributed by atoms with E-state index in [1.165, 1.54) is 18.7 Å². The summed E-state index contributed by atoms with van der Waals surface area (Å²) < 4.78 is 0. The van der Waals surface area contributed by atoms with Crippen LogP contribution in [0, 0.1) is 11.8 Å². The Balaban J connectivity index is 1.92. The Kier molecular flexibility index (Phi) is 1.98. The molecule has 1 atom stereocenters. The van der Waals surface area contributed by atoms with Crippen molar-refractivity contribution in [2.45, 2.75) is 38.8 Å². The zero-order valence-corrected chi connectivity index (χ0v) is 9.43. The Morgan fingerprint density at radius 1 is 1.33 bits per heavy atom. The average Bonchev–Trinajstić information content (AvgIpc) is 2.72. The molecule has 1 aromatic rings. The van der Waals surface area contributed by atoms with E-state index < -0.39 is 0 Å². The second kappa shape index (κ2) is 3.22. The van der Waals surface area contributed by atoms with E-state index in [0.29, 0.717) is 0 Å². The van der Waals surface area contributed by atoms with E-state index in [1.807, 2.05) is 12.3 Å². The predicted octanol–water partition coefficient (Wildman–Crippen LogP) is 2.70. The van der Waals surface area contributed by atoms with Crippen molar-refractivity contribution in [3.05, 3.63) is 24.4 Å². The van der Waals surface area contributed by atoms with Crippen LogP contribution in [0.5, 0.6) is 0 Å². The van der Waals surface area contributed by atoms with Gasteiger partial charge in [0.05, 0.1) is 0 Å². The molecule has 1 aromatic heterocycles. The molecular formula is C13H18N2.